The highest BCUT2D eigenvalue weighted by molar-refractivity contribution is 6.11. The maximum absolute atomic E-state index is 13.2. The van der Waals surface area contributed by atoms with Gasteiger partial charge in [-0.15, -0.1) is 0 Å². The highest BCUT2D eigenvalue weighted by Crippen LogP contribution is 2.42. The first-order valence-corrected chi connectivity index (χ1v) is 9.59. The molecule has 3 aliphatic rings. The van der Waals surface area contributed by atoms with E-state index in [1.807, 2.05) is 47.9 Å². The van der Waals surface area contributed by atoms with Crippen LogP contribution >= 0.6 is 0 Å². The van der Waals surface area contributed by atoms with E-state index in [1.165, 1.54) is 9.80 Å². The van der Waals surface area contributed by atoms with Crippen molar-refractivity contribution in [3.8, 4) is 5.75 Å². The van der Waals surface area contributed by atoms with Crippen LogP contribution in [-0.4, -0.2) is 77.2 Å². The molecule has 1 saturated heterocycles. The van der Waals surface area contributed by atoms with Crippen LogP contribution in [0.1, 0.15) is 20.3 Å². The lowest BCUT2D eigenvalue weighted by molar-refractivity contribution is -0.136. The summed E-state index contributed by atoms with van der Waals surface area (Å²) in [7, 11) is 3.27. The fourth-order valence-electron chi connectivity index (χ4n) is 4.15. The number of hydrogen-bond donors (Lipinski definition) is 1. The number of aliphatic hydroxyl groups excluding tert-OH is 1. The van der Waals surface area contributed by atoms with Gasteiger partial charge in [-0.3, -0.25) is 19.5 Å². The standard InChI is InChI=1S/C20H25N5O4/c1-12-13(2)25-16-17(22(3)20(28)23(18(16)27)10-7-11-26)21-19(25)24(12)14-8-5-6-9-15(14)29-4/h5-6,8-9,16-17,26H,7,10-11H2,1-4H3. The highest BCUT2D eigenvalue weighted by Gasteiger charge is 2.55. The molecular weight excluding hydrogens is 374 g/mol. The van der Waals surface area contributed by atoms with E-state index in [1.54, 1.807) is 14.2 Å². The van der Waals surface area contributed by atoms with Gasteiger partial charge in [-0.25, -0.2) is 9.79 Å². The molecule has 1 aromatic carbocycles. The first-order chi connectivity index (χ1) is 13.9. The Morgan fingerprint density at radius 3 is 2.59 bits per heavy atom. The summed E-state index contributed by atoms with van der Waals surface area (Å²) in [5.41, 5.74) is 2.67. The summed E-state index contributed by atoms with van der Waals surface area (Å²) in [5, 5.41) is 9.14. The van der Waals surface area contributed by atoms with Crippen LogP contribution in [0.3, 0.4) is 0 Å². The number of nitrogens with zero attached hydrogens (tertiary/aromatic N) is 5. The third-order valence-electron chi connectivity index (χ3n) is 5.76. The molecule has 2 atom stereocenters. The molecule has 9 nitrogen and oxygen atoms in total. The van der Waals surface area contributed by atoms with Crippen LogP contribution in [-0.2, 0) is 4.79 Å². The molecule has 154 valence electrons. The van der Waals surface area contributed by atoms with Gasteiger partial charge in [-0.1, -0.05) is 12.1 Å². The molecule has 0 bridgehead atoms. The molecule has 2 unspecified atom stereocenters. The Labute approximate surface area is 169 Å². The molecule has 9 heteroatoms. The molecule has 1 aromatic rings. The van der Waals surface area contributed by atoms with Crippen molar-refractivity contribution in [1.29, 1.82) is 0 Å². The second-order valence-electron chi connectivity index (χ2n) is 7.30. The van der Waals surface area contributed by atoms with Crippen molar-refractivity contribution in [3.05, 3.63) is 35.7 Å². The molecule has 29 heavy (non-hydrogen) atoms. The van der Waals surface area contributed by atoms with Crippen LogP contribution in [0.5, 0.6) is 5.75 Å². The number of guanidine groups is 1. The lowest BCUT2D eigenvalue weighted by Crippen LogP contribution is -2.64. The topological polar surface area (TPSA) is 88.9 Å². The molecule has 3 amide bonds. The van der Waals surface area contributed by atoms with E-state index in [2.05, 4.69) is 0 Å². The van der Waals surface area contributed by atoms with Crippen molar-refractivity contribution in [1.82, 2.24) is 14.7 Å². The summed E-state index contributed by atoms with van der Waals surface area (Å²) in [6.07, 6.45) is -0.256. The molecule has 0 spiro atoms. The number of hydrogen-bond acceptors (Lipinski definition) is 7. The number of amides is 3. The van der Waals surface area contributed by atoms with E-state index in [0.717, 1.165) is 17.1 Å². The number of aliphatic hydroxyl groups is 1. The quantitative estimate of drug-likeness (QED) is 0.805. The summed E-state index contributed by atoms with van der Waals surface area (Å²) in [4.78, 5) is 37.3. The molecule has 0 radical (unpaired) electrons. The van der Waals surface area contributed by atoms with Crippen molar-refractivity contribution in [2.45, 2.75) is 32.5 Å². The Bertz CT molecular complexity index is 927. The molecule has 4 rings (SSSR count). The number of carbonyl (C=O) groups is 2. The fraction of sp³-hybridized carbons (Fsp3) is 0.450. The van der Waals surface area contributed by atoms with E-state index in [-0.39, 0.29) is 19.1 Å². The molecular formula is C20H25N5O4. The number of urea groups is 1. The molecule has 0 aromatic heterocycles. The molecule has 3 heterocycles. The summed E-state index contributed by atoms with van der Waals surface area (Å²) in [6.45, 7) is 4.02. The number of methoxy groups -OCH3 is 1. The van der Waals surface area contributed by atoms with Gasteiger partial charge in [0, 0.05) is 31.6 Å². The van der Waals surface area contributed by atoms with E-state index < -0.39 is 18.2 Å². The van der Waals surface area contributed by atoms with E-state index >= 15 is 0 Å². The van der Waals surface area contributed by atoms with Gasteiger partial charge in [0.25, 0.3) is 5.91 Å². The van der Waals surface area contributed by atoms with Gasteiger partial charge in [0.1, 0.15) is 5.75 Å². The summed E-state index contributed by atoms with van der Waals surface area (Å²) in [6, 6.07) is 6.61. The normalized spacial score (nSPS) is 23.7. The Morgan fingerprint density at radius 1 is 1.17 bits per heavy atom. The van der Waals surface area contributed by atoms with Crippen LogP contribution in [0.25, 0.3) is 0 Å². The SMILES string of the molecule is COc1ccccc1N1C2=NC3C(C(=O)N(CCCO)C(=O)N3C)N2C(C)=C1C. The van der Waals surface area contributed by atoms with E-state index in [9.17, 15) is 9.59 Å². The van der Waals surface area contributed by atoms with Gasteiger partial charge >= 0.3 is 6.03 Å². The Hall–Kier alpha value is -3.07. The lowest BCUT2D eigenvalue weighted by atomic mass is 10.1. The van der Waals surface area contributed by atoms with Gasteiger partial charge in [0.2, 0.25) is 5.96 Å². The number of para-hydroxylation sites is 2. The van der Waals surface area contributed by atoms with Crippen LogP contribution < -0.4 is 9.64 Å². The van der Waals surface area contributed by atoms with E-state index in [4.69, 9.17) is 14.8 Å². The van der Waals surface area contributed by atoms with Crippen LogP contribution in [0.15, 0.2) is 40.7 Å². The largest absolute Gasteiger partial charge is 0.495 e. The monoisotopic (exact) mass is 399 g/mol. The molecule has 1 N–H and O–H groups in total. The number of anilines is 1. The molecule has 1 fully saturated rings. The first-order valence-electron chi connectivity index (χ1n) is 9.59. The van der Waals surface area contributed by atoms with Gasteiger partial charge in [-0.2, -0.15) is 0 Å². The highest BCUT2D eigenvalue weighted by atomic mass is 16.5. The van der Waals surface area contributed by atoms with Crippen LogP contribution in [0.4, 0.5) is 10.5 Å². The maximum atomic E-state index is 13.2. The number of allylic oxidation sites excluding steroid dienone is 2. The average molecular weight is 399 g/mol. The number of carbonyl (C=O) groups excluding carboxylic acids is 2. The van der Waals surface area contributed by atoms with Gasteiger partial charge in [0.05, 0.1) is 12.8 Å². The number of benzene rings is 1. The Balaban J connectivity index is 1.76. The zero-order valence-corrected chi connectivity index (χ0v) is 17.0. The molecule has 0 saturated carbocycles. The van der Waals surface area contributed by atoms with Crippen molar-refractivity contribution in [2.75, 3.05) is 32.2 Å². The lowest BCUT2D eigenvalue weighted by Gasteiger charge is -2.40. The number of fused-ring (bicyclic) bond motifs is 3. The van der Waals surface area contributed by atoms with E-state index in [0.29, 0.717) is 18.1 Å². The number of ether oxygens (including phenoxy) is 1. The number of likely N-dealkylation sites (N-methyl/N-ethyl adjacent to an activating group) is 1. The molecule has 3 aliphatic heterocycles. The third-order valence-corrected chi connectivity index (χ3v) is 5.76. The van der Waals surface area contributed by atoms with Crippen LogP contribution in [0, 0.1) is 0 Å². The maximum Gasteiger partial charge on any atom is 0.328 e. The zero-order chi connectivity index (χ0) is 20.9. The van der Waals surface area contributed by atoms with Crippen molar-refractivity contribution in [2.24, 2.45) is 4.99 Å². The zero-order valence-electron chi connectivity index (χ0n) is 17.0. The number of rotatable bonds is 5. The molecule has 0 aliphatic carbocycles. The predicted octanol–water partition coefficient (Wildman–Crippen LogP) is 1.41. The smallest absolute Gasteiger partial charge is 0.328 e. The second kappa shape index (κ2) is 7.07. The average Bonchev–Trinajstić information content (AvgIpc) is 3.22. The minimum Gasteiger partial charge on any atom is -0.495 e. The van der Waals surface area contributed by atoms with Crippen molar-refractivity contribution < 1.29 is 19.4 Å². The minimum atomic E-state index is -0.624. The van der Waals surface area contributed by atoms with Gasteiger partial charge < -0.3 is 14.7 Å². The summed E-state index contributed by atoms with van der Waals surface area (Å²) in [5.74, 6) is 1.01. The number of imide groups is 1. The summed E-state index contributed by atoms with van der Waals surface area (Å²) >= 11 is 0. The van der Waals surface area contributed by atoms with Crippen molar-refractivity contribution >= 4 is 23.6 Å². The fourth-order valence-corrected chi connectivity index (χ4v) is 4.15. The van der Waals surface area contributed by atoms with Gasteiger partial charge in [-0.05, 0) is 32.4 Å². The second-order valence-corrected chi connectivity index (χ2v) is 7.30. The third kappa shape index (κ3) is 2.68. The number of aliphatic imine (C=N–C) groups is 1. The Kier molecular flexibility index (Phi) is 4.70. The summed E-state index contributed by atoms with van der Waals surface area (Å²) < 4.78 is 5.53. The van der Waals surface area contributed by atoms with Gasteiger partial charge in [0.15, 0.2) is 12.2 Å². The van der Waals surface area contributed by atoms with Crippen molar-refractivity contribution in [3.63, 3.8) is 0 Å². The Morgan fingerprint density at radius 2 is 1.90 bits per heavy atom. The minimum absolute atomic E-state index is 0.0834. The first kappa shape index (κ1) is 19.3. The predicted molar refractivity (Wildman–Crippen MR) is 107 cm³/mol. The van der Waals surface area contributed by atoms with Crippen LogP contribution in [0.2, 0.25) is 0 Å².